The van der Waals surface area contributed by atoms with E-state index in [9.17, 15) is 22.0 Å². The predicted octanol–water partition coefficient (Wildman–Crippen LogP) is 5.82. The molecule has 0 N–H and O–H groups in total. The second-order valence-electron chi connectivity index (χ2n) is 4.73. The monoisotopic (exact) mass is 407 g/mol. The fraction of sp³-hybridized carbons (Fsp3) is 0.188. The highest BCUT2D eigenvalue weighted by Gasteiger charge is 2.36. The number of alkyl halides is 6. The van der Waals surface area contributed by atoms with Crippen LogP contribution in [-0.4, -0.2) is 17.7 Å². The van der Waals surface area contributed by atoms with Crippen LogP contribution < -0.4 is 4.74 Å². The van der Waals surface area contributed by atoms with Gasteiger partial charge in [0.15, 0.2) is 0 Å². The van der Waals surface area contributed by atoms with E-state index in [2.05, 4.69) is 20.9 Å². The molecule has 0 aliphatic rings. The summed E-state index contributed by atoms with van der Waals surface area (Å²) in [6.45, 7) is 0. The summed E-state index contributed by atoms with van der Waals surface area (Å²) in [5.41, 5.74) is -2.03. The number of benzene rings is 2. The molecule has 0 amide bonds. The number of hydrogen-bond acceptors (Lipinski definition) is 2. The fourth-order valence-electron chi connectivity index (χ4n) is 1.92. The second kappa shape index (κ2) is 6.88. The summed E-state index contributed by atoms with van der Waals surface area (Å²) in [5.74, 6) is 0.500. The lowest BCUT2D eigenvalue weighted by Gasteiger charge is -2.15. The van der Waals surface area contributed by atoms with Crippen molar-refractivity contribution in [3.05, 3.63) is 59.7 Å². The molecule has 2 nitrogen and oxygen atoms in total. The van der Waals surface area contributed by atoms with Crippen LogP contribution in [0.5, 0.6) is 5.75 Å². The molecule has 2 aromatic rings. The Morgan fingerprint density at radius 2 is 1.62 bits per heavy atom. The summed E-state index contributed by atoms with van der Waals surface area (Å²) in [6, 6.07) is 9.51. The maximum absolute atomic E-state index is 13.8. The van der Waals surface area contributed by atoms with E-state index >= 15 is 0 Å². The van der Waals surface area contributed by atoms with Gasteiger partial charge in [-0.15, -0.1) is 0 Å². The lowest BCUT2D eigenvalue weighted by Crippen LogP contribution is -2.22. The molecule has 0 radical (unpaired) electrons. The Hall–Kier alpha value is -1.96. The molecule has 2 rings (SSSR count). The Labute approximate surface area is 143 Å². The summed E-state index contributed by atoms with van der Waals surface area (Å²) >= 11 is 2.17. The summed E-state index contributed by atoms with van der Waals surface area (Å²) in [7, 11) is 1.44. The van der Waals surface area contributed by atoms with Gasteiger partial charge in [-0.25, -0.2) is 4.99 Å². The molecular formula is C16H11BrF5NO. The first-order chi connectivity index (χ1) is 11.1. The maximum atomic E-state index is 13.8. The molecule has 0 aliphatic carbocycles. The van der Waals surface area contributed by atoms with Crippen molar-refractivity contribution >= 4 is 27.3 Å². The van der Waals surface area contributed by atoms with Crippen molar-refractivity contribution in [2.75, 3.05) is 7.11 Å². The number of methoxy groups -OCH3 is 1. The Morgan fingerprint density at radius 3 is 2.12 bits per heavy atom. The minimum atomic E-state index is -4.64. The van der Waals surface area contributed by atoms with Crippen molar-refractivity contribution in [3.63, 3.8) is 0 Å². The number of rotatable bonds is 4. The van der Waals surface area contributed by atoms with E-state index in [-0.39, 0.29) is 11.3 Å². The summed E-state index contributed by atoms with van der Waals surface area (Å²) in [4.78, 5) is 0.196. The van der Waals surface area contributed by atoms with Crippen molar-refractivity contribution in [1.82, 2.24) is 0 Å². The number of nitrogens with zero attached hydrogens (tertiary/aromatic N) is 1. The van der Waals surface area contributed by atoms with E-state index in [1.807, 2.05) is 0 Å². The van der Waals surface area contributed by atoms with Gasteiger partial charge >= 0.3 is 11.0 Å². The topological polar surface area (TPSA) is 21.6 Å². The summed E-state index contributed by atoms with van der Waals surface area (Å²) < 4.78 is 70.9. The average Bonchev–Trinajstić information content (AvgIpc) is 2.51. The van der Waals surface area contributed by atoms with Gasteiger partial charge in [0.05, 0.1) is 18.4 Å². The Morgan fingerprint density at radius 1 is 1.00 bits per heavy atom. The highest BCUT2D eigenvalue weighted by Crippen LogP contribution is 2.34. The van der Waals surface area contributed by atoms with Crippen LogP contribution in [0.4, 0.5) is 27.6 Å². The first kappa shape index (κ1) is 18.4. The Balaban J connectivity index is 2.51. The van der Waals surface area contributed by atoms with Crippen LogP contribution in [0.2, 0.25) is 0 Å². The van der Waals surface area contributed by atoms with Crippen molar-refractivity contribution in [2.24, 2.45) is 4.99 Å². The van der Waals surface area contributed by atoms with Crippen LogP contribution in [0.15, 0.2) is 53.5 Å². The quantitative estimate of drug-likeness (QED) is 0.355. The molecule has 0 aromatic heterocycles. The molecule has 0 fully saturated rings. The van der Waals surface area contributed by atoms with Gasteiger partial charge in [-0.2, -0.15) is 22.0 Å². The zero-order chi connectivity index (χ0) is 18.0. The lowest BCUT2D eigenvalue weighted by molar-refractivity contribution is -0.137. The van der Waals surface area contributed by atoms with Crippen molar-refractivity contribution in [3.8, 4) is 5.75 Å². The van der Waals surface area contributed by atoms with E-state index in [1.54, 1.807) is 0 Å². The minimum absolute atomic E-state index is 0.155. The Kier molecular flexibility index (Phi) is 5.27. The largest absolute Gasteiger partial charge is 0.497 e. The molecule has 0 aliphatic heterocycles. The van der Waals surface area contributed by atoms with E-state index in [1.165, 1.54) is 31.4 Å². The molecule has 128 valence electrons. The van der Waals surface area contributed by atoms with Crippen molar-refractivity contribution in [1.29, 1.82) is 0 Å². The van der Waals surface area contributed by atoms with Crippen LogP contribution in [0.1, 0.15) is 11.1 Å². The van der Waals surface area contributed by atoms with Gasteiger partial charge in [-0.3, -0.25) is 0 Å². The van der Waals surface area contributed by atoms with Crippen LogP contribution >= 0.6 is 15.9 Å². The average molecular weight is 408 g/mol. The number of halogens is 6. The van der Waals surface area contributed by atoms with E-state index in [0.29, 0.717) is 11.8 Å². The molecule has 0 unspecified atom stereocenters. The molecule has 0 bridgehead atoms. The molecule has 0 spiro atoms. The smallest absolute Gasteiger partial charge is 0.416 e. The summed E-state index contributed by atoms with van der Waals surface area (Å²) in [5, 5.41) is 0. The molecule has 8 heteroatoms. The maximum Gasteiger partial charge on any atom is 0.416 e. The van der Waals surface area contributed by atoms with Gasteiger partial charge in [-0.05, 0) is 52.3 Å². The van der Waals surface area contributed by atoms with Gasteiger partial charge in [0.2, 0.25) is 0 Å². The highest BCUT2D eigenvalue weighted by atomic mass is 79.9. The molecule has 0 saturated carbocycles. The number of hydrogen-bond donors (Lipinski definition) is 0. The number of ether oxygens (including phenoxy) is 1. The highest BCUT2D eigenvalue weighted by molar-refractivity contribution is 9.10. The minimum Gasteiger partial charge on any atom is -0.497 e. The first-order valence-corrected chi connectivity index (χ1v) is 7.38. The van der Waals surface area contributed by atoms with Gasteiger partial charge in [0.25, 0.3) is 0 Å². The third kappa shape index (κ3) is 4.53. The first-order valence-electron chi connectivity index (χ1n) is 6.59. The molecular weight excluding hydrogens is 397 g/mol. The van der Waals surface area contributed by atoms with E-state index in [4.69, 9.17) is 4.74 Å². The zero-order valence-corrected chi connectivity index (χ0v) is 13.8. The molecule has 2 aromatic carbocycles. The van der Waals surface area contributed by atoms with Gasteiger partial charge in [-0.1, -0.05) is 12.1 Å². The number of aliphatic imine (C=N–C) groups is 1. The van der Waals surface area contributed by atoms with Crippen LogP contribution in [0.25, 0.3) is 0 Å². The molecule has 0 atom stereocenters. The molecule has 0 saturated heterocycles. The van der Waals surface area contributed by atoms with Crippen molar-refractivity contribution in [2.45, 2.75) is 11.0 Å². The van der Waals surface area contributed by atoms with Gasteiger partial charge in [0, 0.05) is 5.56 Å². The van der Waals surface area contributed by atoms with Crippen molar-refractivity contribution < 1.29 is 26.7 Å². The normalized spacial score (nSPS) is 13.0. The zero-order valence-electron chi connectivity index (χ0n) is 12.2. The third-order valence-corrected chi connectivity index (χ3v) is 3.42. The Bertz CT molecular complexity index is 735. The predicted molar refractivity (Wildman–Crippen MR) is 84.5 cm³/mol. The van der Waals surface area contributed by atoms with Crippen LogP contribution in [-0.2, 0) is 6.18 Å². The fourth-order valence-corrected chi connectivity index (χ4v) is 2.24. The SMILES string of the molecule is COc1ccc(N=C(c2cccc(C(F)(F)F)c2)C(F)(F)Br)cc1. The molecule has 0 heterocycles. The summed E-state index contributed by atoms with van der Waals surface area (Å²) in [6.07, 6.45) is -4.64. The van der Waals surface area contributed by atoms with E-state index < -0.39 is 22.3 Å². The standard InChI is InChI=1S/C16H11BrF5NO/c1-24-13-7-5-12(6-8-13)23-14(15(17,18)19)10-3-2-4-11(9-10)16(20,21)22/h2-9H,1H3. The molecule has 24 heavy (non-hydrogen) atoms. The second-order valence-corrected chi connectivity index (χ2v) is 5.73. The third-order valence-electron chi connectivity index (χ3n) is 3.05. The van der Waals surface area contributed by atoms with Gasteiger partial charge < -0.3 is 4.74 Å². The van der Waals surface area contributed by atoms with E-state index in [0.717, 1.165) is 18.2 Å². The van der Waals surface area contributed by atoms with Crippen LogP contribution in [0, 0.1) is 0 Å². The van der Waals surface area contributed by atoms with Gasteiger partial charge in [0.1, 0.15) is 11.5 Å². The van der Waals surface area contributed by atoms with Crippen LogP contribution in [0.3, 0.4) is 0 Å². The lowest BCUT2D eigenvalue weighted by atomic mass is 10.1.